The van der Waals surface area contributed by atoms with E-state index in [1.165, 1.54) is 0 Å². The highest BCUT2D eigenvalue weighted by Crippen LogP contribution is 2.25. The van der Waals surface area contributed by atoms with E-state index in [-0.39, 0.29) is 0 Å². The molecule has 0 aromatic heterocycles. The van der Waals surface area contributed by atoms with Crippen molar-refractivity contribution in [2.75, 3.05) is 0 Å². The number of hydrogen-bond acceptors (Lipinski definition) is 0. The van der Waals surface area contributed by atoms with Gasteiger partial charge in [0.15, 0.2) is 0 Å². The van der Waals surface area contributed by atoms with Gasteiger partial charge in [0.05, 0.1) is 16.1 Å². The van der Waals surface area contributed by atoms with Crippen LogP contribution in [0.15, 0.2) is 0 Å². The van der Waals surface area contributed by atoms with Gasteiger partial charge in [-0.05, 0) is 0 Å². The maximum atomic E-state index is 3.43. The Morgan fingerprint density at radius 2 is 0.688 bits per heavy atom. The number of fused-ring (bicyclic) bond motifs is 6. The van der Waals surface area contributed by atoms with Gasteiger partial charge in [0.25, 0.3) is 0 Å². The maximum absolute atomic E-state index is 3.43. The molecule has 0 aromatic rings. The summed E-state index contributed by atoms with van der Waals surface area (Å²) in [5, 5.41) is 0. The summed E-state index contributed by atoms with van der Waals surface area (Å²) in [5.74, 6) is 20.6. The van der Waals surface area contributed by atoms with Crippen molar-refractivity contribution in [1.29, 1.82) is 0 Å². The SMILES string of the molecule is C[Si]12CC#CC[Si](C)(CC#CC1)CC#CC2. The Hall–Kier alpha value is -0.886. The monoisotopic (exact) mass is 242 g/mol. The molecule has 0 radical (unpaired) electrons. The van der Waals surface area contributed by atoms with Crippen LogP contribution in [0.25, 0.3) is 0 Å². The van der Waals surface area contributed by atoms with Crippen LogP contribution in [0.2, 0.25) is 49.4 Å². The molecule has 0 aliphatic carbocycles. The van der Waals surface area contributed by atoms with Gasteiger partial charge in [0.2, 0.25) is 0 Å². The summed E-state index contributed by atoms with van der Waals surface area (Å²) in [5.41, 5.74) is 0. The molecule has 0 saturated heterocycles. The second kappa shape index (κ2) is 4.54. The molecule has 3 aliphatic heterocycles. The lowest BCUT2D eigenvalue weighted by Crippen LogP contribution is -2.31. The van der Waals surface area contributed by atoms with Crippen molar-refractivity contribution in [3.63, 3.8) is 0 Å². The number of rotatable bonds is 0. The summed E-state index contributed by atoms with van der Waals surface area (Å²) in [6, 6.07) is 6.59. The Bertz CT molecular complexity index is 353. The van der Waals surface area contributed by atoms with Crippen molar-refractivity contribution in [2.24, 2.45) is 0 Å². The fourth-order valence-corrected chi connectivity index (χ4v) is 6.09. The second-order valence-corrected chi connectivity index (χ2v) is 15.1. The summed E-state index contributed by atoms with van der Waals surface area (Å²) in [6.07, 6.45) is 0. The standard InChI is InChI=1S/C14H18Si2/c1-15-9-3-6-12-16(2,13-7-4-10-15)14-8-5-11-15/h9-14H2,1-2H3. The van der Waals surface area contributed by atoms with Crippen molar-refractivity contribution in [2.45, 2.75) is 49.4 Å². The average molecular weight is 242 g/mol. The van der Waals surface area contributed by atoms with Crippen molar-refractivity contribution < 1.29 is 0 Å². The van der Waals surface area contributed by atoms with Crippen LogP contribution < -0.4 is 0 Å². The van der Waals surface area contributed by atoms with Gasteiger partial charge in [-0.25, -0.2) is 0 Å². The minimum absolute atomic E-state index is 1.10. The van der Waals surface area contributed by atoms with Gasteiger partial charge in [0, 0.05) is 36.3 Å². The molecule has 0 aromatic carbocycles. The maximum Gasteiger partial charge on any atom is 0.0881 e. The molecule has 0 saturated carbocycles. The lowest BCUT2D eigenvalue weighted by molar-refractivity contribution is 1.36. The molecule has 0 unspecified atom stereocenters. The summed E-state index contributed by atoms with van der Waals surface area (Å²) in [7, 11) is -2.60. The highest BCUT2D eigenvalue weighted by Gasteiger charge is 2.28. The van der Waals surface area contributed by atoms with E-state index in [4.69, 9.17) is 0 Å². The number of hydrogen-bond donors (Lipinski definition) is 0. The molecule has 0 nitrogen and oxygen atoms in total. The van der Waals surface area contributed by atoms with E-state index < -0.39 is 16.1 Å². The lowest BCUT2D eigenvalue weighted by atomic mass is 10.6. The highest BCUT2D eigenvalue weighted by molar-refractivity contribution is 6.82. The van der Waals surface area contributed by atoms with Gasteiger partial charge in [-0.2, -0.15) is 0 Å². The van der Waals surface area contributed by atoms with Crippen LogP contribution in [-0.2, 0) is 0 Å². The minimum atomic E-state index is -1.30. The molecule has 0 spiro atoms. The van der Waals surface area contributed by atoms with Crippen LogP contribution >= 0.6 is 0 Å². The molecule has 2 bridgehead atoms. The van der Waals surface area contributed by atoms with Crippen LogP contribution in [0.5, 0.6) is 0 Å². The molecule has 2 heteroatoms. The normalized spacial score (nSPS) is 36.4. The Kier molecular flexibility index (Phi) is 3.29. The molecule has 0 amide bonds. The topological polar surface area (TPSA) is 0 Å². The summed E-state index contributed by atoms with van der Waals surface area (Å²) >= 11 is 0. The summed E-state index contributed by atoms with van der Waals surface area (Å²) in [4.78, 5) is 0. The third-order valence-corrected chi connectivity index (χ3v) is 9.65. The van der Waals surface area contributed by atoms with E-state index in [1.54, 1.807) is 0 Å². The predicted molar refractivity (Wildman–Crippen MR) is 75.4 cm³/mol. The first-order valence-electron chi connectivity index (χ1n) is 5.99. The minimum Gasteiger partial charge on any atom is -0.107 e. The summed E-state index contributed by atoms with van der Waals surface area (Å²) < 4.78 is 0. The molecule has 0 N–H and O–H groups in total. The third-order valence-electron chi connectivity index (χ3n) is 3.47. The predicted octanol–water partition coefficient (Wildman–Crippen LogP) is 3.18. The molecule has 82 valence electrons. The zero-order valence-corrected chi connectivity index (χ0v) is 12.2. The molecule has 3 aliphatic rings. The van der Waals surface area contributed by atoms with E-state index in [0.29, 0.717) is 0 Å². The van der Waals surface area contributed by atoms with Crippen LogP contribution in [0.4, 0.5) is 0 Å². The molecule has 0 fully saturated rings. The Morgan fingerprint density at radius 1 is 0.500 bits per heavy atom. The molecule has 16 heavy (non-hydrogen) atoms. The van der Waals surface area contributed by atoms with Crippen molar-refractivity contribution >= 4 is 16.1 Å². The van der Waals surface area contributed by atoms with Crippen LogP contribution in [0.3, 0.4) is 0 Å². The van der Waals surface area contributed by atoms with Gasteiger partial charge in [-0.1, -0.05) is 13.1 Å². The van der Waals surface area contributed by atoms with Crippen molar-refractivity contribution in [1.82, 2.24) is 0 Å². The molecule has 3 heterocycles. The first kappa shape index (κ1) is 11.6. The zero-order chi connectivity index (χ0) is 11.5. The second-order valence-electron chi connectivity index (χ2n) is 5.74. The van der Waals surface area contributed by atoms with Crippen LogP contribution in [0, 0.1) is 35.5 Å². The van der Waals surface area contributed by atoms with E-state index in [1.807, 2.05) is 0 Å². The quantitative estimate of drug-likeness (QED) is 0.452. The first-order chi connectivity index (χ1) is 7.62. The van der Waals surface area contributed by atoms with Gasteiger partial charge in [0.1, 0.15) is 0 Å². The Balaban J connectivity index is 2.36. The van der Waals surface area contributed by atoms with Gasteiger partial charge in [-0.3, -0.25) is 0 Å². The van der Waals surface area contributed by atoms with E-state index in [9.17, 15) is 0 Å². The molecule has 3 rings (SSSR count). The average Bonchev–Trinajstić information content (AvgIpc) is 2.27. The molecule has 0 atom stereocenters. The fraction of sp³-hybridized carbons (Fsp3) is 0.571. The van der Waals surface area contributed by atoms with E-state index in [2.05, 4.69) is 48.6 Å². The Morgan fingerprint density at radius 3 is 0.875 bits per heavy atom. The third kappa shape index (κ3) is 2.82. The van der Waals surface area contributed by atoms with Gasteiger partial charge >= 0.3 is 0 Å². The molecular weight excluding hydrogens is 224 g/mol. The van der Waals surface area contributed by atoms with Crippen LogP contribution in [0.1, 0.15) is 0 Å². The smallest absolute Gasteiger partial charge is 0.0881 e. The largest absolute Gasteiger partial charge is 0.107 e. The van der Waals surface area contributed by atoms with E-state index in [0.717, 1.165) is 36.3 Å². The van der Waals surface area contributed by atoms with Gasteiger partial charge in [-0.15, -0.1) is 35.5 Å². The lowest BCUT2D eigenvalue weighted by Gasteiger charge is -2.24. The summed E-state index contributed by atoms with van der Waals surface area (Å²) in [6.45, 7) is 4.82. The molecular formula is C14H18Si2. The van der Waals surface area contributed by atoms with Gasteiger partial charge < -0.3 is 0 Å². The zero-order valence-electron chi connectivity index (χ0n) is 10.2. The van der Waals surface area contributed by atoms with Crippen molar-refractivity contribution in [3.8, 4) is 35.5 Å². The fourth-order valence-electron chi connectivity index (χ4n) is 2.03. The van der Waals surface area contributed by atoms with Crippen molar-refractivity contribution in [3.05, 3.63) is 0 Å². The van der Waals surface area contributed by atoms with E-state index >= 15 is 0 Å². The Labute approximate surface area is 101 Å². The highest BCUT2D eigenvalue weighted by atomic mass is 28.3. The first-order valence-corrected chi connectivity index (χ1v) is 12.2. The van der Waals surface area contributed by atoms with Crippen LogP contribution in [-0.4, -0.2) is 16.1 Å².